The van der Waals surface area contributed by atoms with Crippen LogP contribution in [0.3, 0.4) is 0 Å². The van der Waals surface area contributed by atoms with Crippen molar-refractivity contribution < 1.29 is 9.53 Å². The van der Waals surface area contributed by atoms with E-state index in [1.807, 2.05) is 30.3 Å². The zero-order valence-electron chi connectivity index (χ0n) is 9.26. The van der Waals surface area contributed by atoms with Crippen LogP contribution >= 0.6 is 0 Å². The molecule has 3 heteroatoms. The maximum absolute atomic E-state index is 11.7. The molecular weight excluding hydrogens is 202 g/mol. The molecule has 1 aliphatic carbocycles. The molecule has 1 aliphatic rings. The SMILES string of the molecule is NC(OC(=O)C1CCCC1)c1ccccc1. The van der Waals surface area contributed by atoms with Gasteiger partial charge in [0.25, 0.3) is 0 Å². The second kappa shape index (κ2) is 5.12. The maximum Gasteiger partial charge on any atom is 0.310 e. The first-order chi connectivity index (χ1) is 7.77. The zero-order chi connectivity index (χ0) is 11.4. The topological polar surface area (TPSA) is 52.3 Å². The molecule has 0 saturated heterocycles. The van der Waals surface area contributed by atoms with Crippen LogP contribution in [-0.2, 0) is 9.53 Å². The van der Waals surface area contributed by atoms with Gasteiger partial charge in [-0.1, -0.05) is 43.2 Å². The molecule has 0 aliphatic heterocycles. The van der Waals surface area contributed by atoms with Crippen LogP contribution in [0.4, 0.5) is 0 Å². The highest BCUT2D eigenvalue weighted by molar-refractivity contribution is 5.73. The molecule has 0 bridgehead atoms. The van der Waals surface area contributed by atoms with Crippen LogP contribution in [-0.4, -0.2) is 5.97 Å². The van der Waals surface area contributed by atoms with E-state index in [2.05, 4.69) is 0 Å². The first-order valence-electron chi connectivity index (χ1n) is 5.78. The van der Waals surface area contributed by atoms with Gasteiger partial charge in [-0.15, -0.1) is 0 Å². The number of hydrogen-bond acceptors (Lipinski definition) is 3. The van der Waals surface area contributed by atoms with Crippen molar-refractivity contribution in [1.29, 1.82) is 0 Å². The molecule has 1 aromatic rings. The van der Waals surface area contributed by atoms with Gasteiger partial charge >= 0.3 is 5.97 Å². The Morgan fingerprint density at radius 2 is 1.88 bits per heavy atom. The van der Waals surface area contributed by atoms with Crippen LogP contribution in [0.1, 0.15) is 37.5 Å². The molecule has 1 saturated carbocycles. The fourth-order valence-electron chi connectivity index (χ4n) is 2.09. The van der Waals surface area contributed by atoms with Gasteiger partial charge in [-0.3, -0.25) is 10.5 Å². The van der Waals surface area contributed by atoms with Crippen LogP contribution in [0.2, 0.25) is 0 Å². The smallest absolute Gasteiger partial charge is 0.310 e. The van der Waals surface area contributed by atoms with E-state index in [9.17, 15) is 4.79 Å². The molecule has 1 atom stereocenters. The maximum atomic E-state index is 11.7. The predicted octanol–water partition coefficient (Wildman–Crippen LogP) is 2.38. The molecule has 86 valence electrons. The summed E-state index contributed by atoms with van der Waals surface area (Å²) in [6.07, 6.45) is 3.51. The van der Waals surface area contributed by atoms with Crippen molar-refractivity contribution in [3.05, 3.63) is 35.9 Å². The van der Waals surface area contributed by atoms with Gasteiger partial charge in [0.15, 0.2) is 6.23 Å². The fraction of sp³-hybridized carbons (Fsp3) is 0.462. The van der Waals surface area contributed by atoms with Gasteiger partial charge in [0.2, 0.25) is 0 Å². The molecule has 0 spiro atoms. The van der Waals surface area contributed by atoms with E-state index >= 15 is 0 Å². The second-order valence-corrected chi connectivity index (χ2v) is 4.25. The van der Waals surface area contributed by atoms with Crippen LogP contribution in [0, 0.1) is 5.92 Å². The Hall–Kier alpha value is -1.35. The van der Waals surface area contributed by atoms with E-state index in [1.54, 1.807) is 0 Å². The Morgan fingerprint density at radius 3 is 2.50 bits per heavy atom. The summed E-state index contributed by atoms with van der Waals surface area (Å²) < 4.78 is 5.26. The Balaban J connectivity index is 1.92. The first kappa shape index (κ1) is 11.1. The summed E-state index contributed by atoms with van der Waals surface area (Å²) >= 11 is 0. The summed E-state index contributed by atoms with van der Waals surface area (Å²) in [4.78, 5) is 11.7. The number of ether oxygens (including phenoxy) is 1. The van der Waals surface area contributed by atoms with Crippen molar-refractivity contribution in [2.24, 2.45) is 11.7 Å². The monoisotopic (exact) mass is 219 g/mol. The standard InChI is InChI=1S/C13H17NO2/c14-12(10-6-2-1-3-7-10)16-13(15)11-8-4-5-9-11/h1-3,6-7,11-12H,4-5,8-9,14H2. The van der Waals surface area contributed by atoms with Gasteiger partial charge in [-0.2, -0.15) is 0 Å². The third-order valence-corrected chi connectivity index (χ3v) is 3.06. The van der Waals surface area contributed by atoms with E-state index in [0.717, 1.165) is 31.2 Å². The third kappa shape index (κ3) is 2.61. The summed E-state index contributed by atoms with van der Waals surface area (Å²) in [7, 11) is 0. The minimum absolute atomic E-state index is 0.0646. The van der Waals surface area contributed by atoms with Crippen LogP contribution in [0.5, 0.6) is 0 Å². The molecule has 0 heterocycles. The van der Waals surface area contributed by atoms with Gasteiger partial charge in [-0.05, 0) is 12.8 Å². The Kier molecular flexibility index (Phi) is 3.57. The number of benzene rings is 1. The van der Waals surface area contributed by atoms with Gasteiger partial charge in [0, 0.05) is 5.56 Å². The predicted molar refractivity (Wildman–Crippen MR) is 61.4 cm³/mol. The van der Waals surface area contributed by atoms with Crippen molar-refractivity contribution >= 4 is 5.97 Å². The molecule has 1 aromatic carbocycles. The highest BCUT2D eigenvalue weighted by Gasteiger charge is 2.25. The number of rotatable bonds is 3. The lowest BCUT2D eigenvalue weighted by Crippen LogP contribution is -2.23. The van der Waals surface area contributed by atoms with Crippen molar-refractivity contribution in [3.8, 4) is 0 Å². The Morgan fingerprint density at radius 1 is 1.25 bits per heavy atom. The molecule has 1 unspecified atom stereocenters. The fourth-order valence-corrected chi connectivity index (χ4v) is 2.09. The quantitative estimate of drug-likeness (QED) is 0.627. The largest absolute Gasteiger partial charge is 0.442 e. The van der Waals surface area contributed by atoms with Crippen molar-refractivity contribution in [2.75, 3.05) is 0 Å². The Bertz CT molecular complexity index is 344. The molecular formula is C13H17NO2. The molecule has 0 amide bonds. The minimum atomic E-state index is -0.630. The number of hydrogen-bond donors (Lipinski definition) is 1. The number of nitrogens with two attached hydrogens (primary N) is 1. The highest BCUT2D eigenvalue weighted by Crippen LogP contribution is 2.27. The molecule has 2 rings (SSSR count). The van der Waals surface area contributed by atoms with Crippen molar-refractivity contribution in [2.45, 2.75) is 31.9 Å². The Labute approximate surface area is 95.6 Å². The van der Waals surface area contributed by atoms with E-state index < -0.39 is 6.23 Å². The summed E-state index contributed by atoms with van der Waals surface area (Å²) in [6, 6.07) is 9.42. The summed E-state index contributed by atoms with van der Waals surface area (Å²) in [5, 5.41) is 0. The lowest BCUT2D eigenvalue weighted by molar-refractivity contribution is -0.154. The molecule has 3 nitrogen and oxygen atoms in total. The number of carbonyl (C=O) groups excluding carboxylic acids is 1. The number of esters is 1. The van der Waals surface area contributed by atoms with Gasteiger partial charge in [0.05, 0.1) is 5.92 Å². The summed E-state index contributed by atoms with van der Waals surface area (Å²) in [5.74, 6) is -0.0800. The van der Waals surface area contributed by atoms with E-state index in [4.69, 9.17) is 10.5 Å². The van der Waals surface area contributed by atoms with Crippen LogP contribution in [0.25, 0.3) is 0 Å². The molecule has 1 fully saturated rings. The second-order valence-electron chi connectivity index (χ2n) is 4.25. The van der Waals surface area contributed by atoms with Crippen molar-refractivity contribution in [1.82, 2.24) is 0 Å². The lowest BCUT2D eigenvalue weighted by atomic mass is 10.1. The summed E-state index contributed by atoms with van der Waals surface area (Å²) in [5.41, 5.74) is 6.66. The minimum Gasteiger partial charge on any atom is -0.442 e. The average Bonchev–Trinajstić information content (AvgIpc) is 2.83. The molecule has 16 heavy (non-hydrogen) atoms. The van der Waals surface area contributed by atoms with Crippen LogP contribution < -0.4 is 5.73 Å². The van der Waals surface area contributed by atoms with Gasteiger partial charge < -0.3 is 4.74 Å². The van der Waals surface area contributed by atoms with Crippen molar-refractivity contribution in [3.63, 3.8) is 0 Å². The van der Waals surface area contributed by atoms with Gasteiger partial charge in [0.1, 0.15) is 0 Å². The van der Waals surface area contributed by atoms with E-state index in [-0.39, 0.29) is 11.9 Å². The molecule has 2 N–H and O–H groups in total. The lowest BCUT2D eigenvalue weighted by Gasteiger charge is -2.16. The molecule has 0 radical (unpaired) electrons. The zero-order valence-corrected chi connectivity index (χ0v) is 9.26. The van der Waals surface area contributed by atoms with E-state index in [1.165, 1.54) is 0 Å². The van der Waals surface area contributed by atoms with Crippen LogP contribution in [0.15, 0.2) is 30.3 Å². The highest BCUT2D eigenvalue weighted by atomic mass is 16.6. The van der Waals surface area contributed by atoms with E-state index in [0.29, 0.717) is 0 Å². The number of carbonyl (C=O) groups is 1. The van der Waals surface area contributed by atoms with Gasteiger partial charge in [-0.25, -0.2) is 0 Å². The first-order valence-corrected chi connectivity index (χ1v) is 5.78. The molecule has 0 aromatic heterocycles. The summed E-state index contributed by atoms with van der Waals surface area (Å²) in [6.45, 7) is 0. The normalized spacial score (nSPS) is 18.3. The average molecular weight is 219 g/mol. The third-order valence-electron chi connectivity index (χ3n) is 3.06.